The zero-order valence-corrected chi connectivity index (χ0v) is 13.9. The fraction of sp³-hybridized carbons (Fsp3) is 0.562. The van der Waals surface area contributed by atoms with E-state index in [1.807, 2.05) is 29.3 Å². The highest BCUT2D eigenvalue weighted by molar-refractivity contribution is 5.87. The summed E-state index contributed by atoms with van der Waals surface area (Å²) in [6.07, 6.45) is 6.91. The van der Waals surface area contributed by atoms with Gasteiger partial charge >= 0.3 is 0 Å². The fourth-order valence-electron chi connectivity index (χ4n) is 3.10. The van der Waals surface area contributed by atoms with Crippen molar-refractivity contribution in [3.63, 3.8) is 0 Å². The Kier molecular flexibility index (Phi) is 4.47. The van der Waals surface area contributed by atoms with Crippen LogP contribution in [0.5, 0.6) is 0 Å². The summed E-state index contributed by atoms with van der Waals surface area (Å²) in [5.41, 5.74) is 0. The summed E-state index contributed by atoms with van der Waals surface area (Å²) in [6.45, 7) is 8.68. The van der Waals surface area contributed by atoms with Crippen molar-refractivity contribution in [2.24, 2.45) is 0 Å². The van der Waals surface area contributed by atoms with E-state index in [1.54, 1.807) is 0 Å². The molecule has 3 rings (SSSR count). The van der Waals surface area contributed by atoms with E-state index in [2.05, 4.69) is 38.7 Å². The molecule has 23 heavy (non-hydrogen) atoms. The molecule has 0 aromatic carbocycles. The first-order valence-electron chi connectivity index (χ1n) is 8.09. The van der Waals surface area contributed by atoms with E-state index in [0.29, 0.717) is 17.9 Å². The summed E-state index contributed by atoms with van der Waals surface area (Å²) < 4.78 is 4.18. The van der Waals surface area contributed by atoms with E-state index < -0.39 is 0 Å². The Bertz CT molecular complexity index is 674. The number of carbonyl (C=O) groups is 1. The van der Waals surface area contributed by atoms with Gasteiger partial charge in [-0.1, -0.05) is 0 Å². The highest BCUT2D eigenvalue weighted by Crippen LogP contribution is 2.23. The van der Waals surface area contributed by atoms with Gasteiger partial charge in [-0.2, -0.15) is 5.10 Å². The molecule has 1 atom stereocenters. The second-order valence-corrected chi connectivity index (χ2v) is 6.38. The predicted octanol–water partition coefficient (Wildman–Crippen LogP) is 2.07. The summed E-state index contributed by atoms with van der Waals surface area (Å²) in [5.74, 6) is 1.63. The average molecular weight is 316 g/mol. The van der Waals surface area contributed by atoms with Crippen LogP contribution < -0.4 is 5.32 Å². The first-order chi connectivity index (χ1) is 11.0. The number of likely N-dealkylation sites (tertiary alicyclic amines) is 1. The Morgan fingerprint density at radius 1 is 1.43 bits per heavy atom. The molecule has 7 nitrogen and oxygen atoms in total. The molecule has 1 amide bonds. The van der Waals surface area contributed by atoms with Crippen LogP contribution in [0.25, 0.3) is 0 Å². The number of anilines is 1. The lowest BCUT2D eigenvalue weighted by molar-refractivity contribution is -0.114. The van der Waals surface area contributed by atoms with E-state index in [-0.39, 0.29) is 5.91 Å². The van der Waals surface area contributed by atoms with Crippen molar-refractivity contribution in [2.45, 2.75) is 45.8 Å². The van der Waals surface area contributed by atoms with Gasteiger partial charge in [0, 0.05) is 50.7 Å². The van der Waals surface area contributed by atoms with Gasteiger partial charge in [-0.3, -0.25) is 14.4 Å². The van der Waals surface area contributed by atoms with Gasteiger partial charge in [0.15, 0.2) is 5.82 Å². The summed E-state index contributed by atoms with van der Waals surface area (Å²) >= 11 is 0. The standard InChI is InChI=1S/C16H24N6O/c1-12(2)21-9-6-17-16(21)11-20-7-4-14(10-20)22-8-5-15(19-22)18-13(3)23/h5-6,8-9,12,14H,4,7,10-11H2,1-3H3,(H,18,19,23). The molecule has 7 heteroatoms. The van der Waals surface area contributed by atoms with Gasteiger partial charge < -0.3 is 9.88 Å². The van der Waals surface area contributed by atoms with Crippen molar-refractivity contribution in [1.82, 2.24) is 24.2 Å². The predicted molar refractivity (Wildman–Crippen MR) is 88.1 cm³/mol. The zero-order chi connectivity index (χ0) is 16.4. The summed E-state index contributed by atoms with van der Waals surface area (Å²) in [7, 11) is 0. The highest BCUT2D eigenvalue weighted by atomic mass is 16.1. The topological polar surface area (TPSA) is 68.0 Å². The molecule has 0 aliphatic carbocycles. The van der Waals surface area contributed by atoms with Crippen LogP contribution in [-0.4, -0.2) is 43.2 Å². The van der Waals surface area contributed by atoms with Crippen LogP contribution in [-0.2, 0) is 11.3 Å². The van der Waals surface area contributed by atoms with Crippen molar-refractivity contribution in [3.05, 3.63) is 30.5 Å². The minimum Gasteiger partial charge on any atom is -0.331 e. The monoisotopic (exact) mass is 316 g/mol. The minimum atomic E-state index is -0.0937. The fourth-order valence-corrected chi connectivity index (χ4v) is 3.10. The van der Waals surface area contributed by atoms with Crippen LogP contribution >= 0.6 is 0 Å². The summed E-state index contributed by atoms with van der Waals surface area (Å²) in [4.78, 5) is 18.0. The number of amides is 1. The Labute approximate surface area is 136 Å². The lowest BCUT2D eigenvalue weighted by Crippen LogP contribution is -2.24. The van der Waals surface area contributed by atoms with E-state index in [4.69, 9.17) is 0 Å². The molecule has 1 fully saturated rings. The number of imidazole rings is 1. The molecule has 2 aromatic heterocycles. The molecule has 1 unspecified atom stereocenters. The van der Waals surface area contributed by atoms with Crippen LogP contribution in [0.4, 0.5) is 5.82 Å². The van der Waals surface area contributed by atoms with Crippen LogP contribution in [0.2, 0.25) is 0 Å². The van der Waals surface area contributed by atoms with Gasteiger partial charge in [-0.05, 0) is 20.3 Å². The van der Waals surface area contributed by atoms with Crippen molar-refractivity contribution >= 4 is 11.7 Å². The number of nitrogens with zero attached hydrogens (tertiary/aromatic N) is 5. The van der Waals surface area contributed by atoms with Gasteiger partial charge in [0.1, 0.15) is 5.82 Å². The molecular weight excluding hydrogens is 292 g/mol. The van der Waals surface area contributed by atoms with E-state index in [1.165, 1.54) is 6.92 Å². The van der Waals surface area contributed by atoms with Gasteiger partial charge in [0.25, 0.3) is 0 Å². The van der Waals surface area contributed by atoms with Gasteiger partial charge in [-0.15, -0.1) is 0 Å². The molecule has 1 saturated heterocycles. The minimum absolute atomic E-state index is 0.0937. The molecule has 1 aliphatic heterocycles. The second kappa shape index (κ2) is 6.54. The third kappa shape index (κ3) is 3.61. The molecule has 1 aliphatic rings. The Morgan fingerprint density at radius 3 is 3.00 bits per heavy atom. The first-order valence-corrected chi connectivity index (χ1v) is 8.09. The van der Waals surface area contributed by atoms with Crippen molar-refractivity contribution < 1.29 is 4.79 Å². The summed E-state index contributed by atoms with van der Waals surface area (Å²) in [5, 5.41) is 7.17. The maximum atomic E-state index is 11.1. The van der Waals surface area contributed by atoms with E-state index >= 15 is 0 Å². The van der Waals surface area contributed by atoms with Gasteiger partial charge in [-0.25, -0.2) is 4.98 Å². The lowest BCUT2D eigenvalue weighted by Gasteiger charge is -2.18. The normalized spacial score (nSPS) is 18.7. The molecule has 0 saturated carbocycles. The molecule has 3 heterocycles. The van der Waals surface area contributed by atoms with Crippen LogP contribution in [0, 0.1) is 0 Å². The molecule has 124 valence electrons. The SMILES string of the molecule is CC(=O)Nc1ccn(C2CCN(Cc3nccn3C(C)C)C2)n1. The average Bonchev–Trinajstić information content (AvgIpc) is 3.18. The van der Waals surface area contributed by atoms with E-state index in [0.717, 1.165) is 31.9 Å². The maximum Gasteiger partial charge on any atom is 0.222 e. The largest absolute Gasteiger partial charge is 0.331 e. The number of hydrogen-bond donors (Lipinski definition) is 1. The van der Waals surface area contributed by atoms with Gasteiger partial charge in [0.2, 0.25) is 5.91 Å². The van der Waals surface area contributed by atoms with Crippen LogP contribution in [0.1, 0.15) is 45.1 Å². The number of aromatic nitrogens is 4. The molecular formula is C16H24N6O. The quantitative estimate of drug-likeness (QED) is 0.917. The highest BCUT2D eigenvalue weighted by Gasteiger charge is 2.25. The number of rotatable bonds is 5. The van der Waals surface area contributed by atoms with Crippen molar-refractivity contribution in [2.75, 3.05) is 18.4 Å². The summed E-state index contributed by atoms with van der Waals surface area (Å²) in [6, 6.07) is 2.62. The molecule has 0 radical (unpaired) electrons. The third-order valence-electron chi connectivity index (χ3n) is 4.20. The van der Waals surface area contributed by atoms with Crippen LogP contribution in [0.15, 0.2) is 24.7 Å². The van der Waals surface area contributed by atoms with E-state index in [9.17, 15) is 4.79 Å². The molecule has 2 aromatic rings. The molecule has 0 bridgehead atoms. The molecule has 1 N–H and O–H groups in total. The first kappa shape index (κ1) is 15.7. The van der Waals surface area contributed by atoms with Crippen molar-refractivity contribution in [3.8, 4) is 0 Å². The van der Waals surface area contributed by atoms with Crippen molar-refractivity contribution in [1.29, 1.82) is 0 Å². The Hall–Kier alpha value is -2.15. The maximum absolute atomic E-state index is 11.1. The number of hydrogen-bond acceptors (Lipinski definition) is 4. The third-order valence-corrected chi connectivity index (χ3v) is 4.20. The van der Waals surface area contributed by atoms with Gasteiger partial charge in [0.05, 0.1) is 12.6 Å². The molecule has 0 spiro atoms. The zero-order valence-electron chi connectivity index (χ0n) is 13.9. The Balaban J connectivity index is 1.61. The van der Waals surface area contributed by atoms with Crippen LogP contribution in [0.3, 0.4) is 0 Å². The number of carbonyl (C=O) groups excluding carboxylic acids is 1. The Morgan fingerprint density at radius 2 is 2.26 bits per heavy atom. The number of nitrogens with one attached hydrogen (secondary N) is 1. The second-order valence-electron chi connectivity index (χ2n) is 6.38. The lowest BCUT2D eigenvalue weighted by atomic mass is 10.3. The smallest absolute Gasteiger partial charge is 0.222 e.